The third-order valence-corrected chi connectivity index (χ3v) is 4.85. The molecule has 0 unspecified atom stereocenters. The van der Waals surface area contributed by atoms with Crippen LogP contribution in [0.15, 0.2) is 47.4 Å². The number of nitrogens with one attached hydrogen (secondary N) is 1. The molecule has 0 fully saturated rings. The van der Waals surface area contributed by atoms with Crippen LogP contribution >= 0.6 is 23.4 Å². The van der Waals surface area contributed by atoms with Crippen LogP contribution in [0.3, 0.4) is 0 Å². The molecule has 3 nitrogen and oxygen atoms in total. The second kappa shape index (κ2) is 9.00. The Bertz CT molecular complexity index is 688. The van der Waals surface area contributed by atoms with Crippen LogP contribution in [0.25, 0.3) is 0 Å². The van der Waals surface area contributed by atoms with E-state index in [1.165, 1.54) is 17.3 Å². The highest BCUT2D eigenvalue weighted by molar-refractivity contribution is 8.00. The maximum Gasteiger partial charge on any atom is 0.233 e. The molecule has 0 spiro atoms. The number of hydrogen-bond donors (Lipinski definition) is 1. The molecule has 0 bridgehead atoms. The van der Waals surface area contributed by atoms with Gasteiger partial charge in [-0.2, -0.15) is 0 Å². The van der Waals surface area contributed by atoms with Crippen LogP contribution in [0.4, 0.5) is 0 Å². The lowest BCUT2D eigenvalue weighted by atomic mass is 10.1. The fraction of sp³-hybridized carbons (Fsp3) is 0.316. The summed E-state index contributed by atoms with van der Waals surface area (Å²) in [6.07, 6.45) is 0. The zero-order valence-electron chi connectivity index (χ0n) is 14.1. The lowest BCUT2D eigenvalue weighted by Gasteiger charge is -2.13. The quantitative estimate of drug-likeness (QED) is 0.575. The van der Waals surface area contributed by atoms with E-state index in [1.807, 2.05) is 50.2 Å². The molecule has 1 N–H and O–H groups in total. The lowest BCUT2D eigenvalue weighted by Crippen LogP contribution is -2.34. The molecular formula is C19H22ClNO2S. The molecule has 0 aliphatic heterocycles. The molecular weight excluding hydrogens is 342 g/mol. The van der Waals surface area contributed by atoms with Gasteiger partial charge in [0.2, 0.25) is 5.91 Å². The van der Waals surface area contributed by atoms with Gasteiger partial charge in [0, 0.05) is 9.92 Å². The number of benzene rings is 2. The summed E-state index contributed by atoms with van der Waals surface area (Å²) < 4.78 is 5.72. The number of halogens is 1. The predicted octanol–water partition coefficient (Wildman–Crippen LogP) is 4.63. The monoisotopic (exact) mass is 363 g/mol. The van der Waals surface area contributed by atoms with Crippen molar-refractivity contribution in [3.63, 3.8) is 0 Å². The zero-order chi connectivity index (χ0) is 17.5. The van der Waals surface area contributed by atoms with Gasteiger partial charge in [0.25, 0.3) is 0 Å². The van der Waals surface area contributed by atoms with E-state index in [4.69, 9.17) is 16.3 Å². The molecule has 0 aliphatic rings. The lowest BCUT2D eigenvalue weighted by molar-refractivity contribution is -0.120. The smallest absolute Gasteiger partial charge is 0.233 e. The topological polar surface area (TPSA) is 38.3 Å². The third kappa shape index (κ3) is 5.77. The van der Waals surface area contributed by atoms with Crippen molar-refractivity contribution in [1.29, 1.82) is 0 Å². The molecule has 0 heterocycles. The van der Waals surface area contributed by atoms with Gasteiger partial charge in [-0.05, 0) is 56.7 Å². The number of aryl methyl sites for hydroxylation is 2. The van der Waals surface area contributed by atoms with Crippen LogP contribution in [-0.4, -0.2) is 24.3 Å². The Hall–Kier alpha value is -1.65. The average Bonchev–Trinajstić information content (AvgIpc) is 2.55. The first-order chi connectivity index (χ1) is 11.5. The molecule has 24 heavy (non-hydrogen) atoms. The number of carbonyl (C=O) groups is 1. The van der Waals surface area contributed by atoms with E-state index in [2.05, 4.69) is 18.3 Å². The van der Waals surface area contributed by atoms with Gasteiger partial charge in [-0.1, -0.05) is 29.3 Å². The SMILES string of the molecule is Cc1ccc(OCCNC(=O)[C@H](C)Sc2ccc(Cl)cc2)c(C)c1. The summed E-state index contributed by atoms with van der Waals surface area (Å²) in [5.41, 5.74) is 2.31. The Morgan fingerprint density at radius 2 is 1.92 bits per heavy atom. The Labute approximate surface area is 152 Å². The van der Waals surface area contributed by atoms with Crippen molar-refractivity contribution in [1.82, 2.24) is 5.32 Å². The van der Waals surface area contributed by atoms with E-state index in [0.717, 1.165) is 16.2 Å². The number of rotatable bonds is 7. The molecule has 0 aliphatic carbocycles. The molecule has 0 saturated heterocycles. The molecule has 128 valence electrons. The van der Waals surface area contributed by atoms with Crippen LogP contribution in [0.2, 0.25) is 5.02 Å². The Kier molecular flexibility index (Phi) is 7.00. The van der Waals surface area contributed by atoms with Gasteiger partial charge < -0.3 is 10.1 Å². The minimum absolute atomic E-state index is 0.000761. The van der Waals surface area contributed by atoms with Crippen LogP contribution in [-0.2, 0) is 4.79 Å². The van der Waals surface area contributed by atoms with Gasteiger partial charge in [0.05, 0.1) is 11.8 Å². The average molecular weight is 364 g/mol. The van der Waals surface area contributed by atoms with Crippen molar-refractivity contribution in [2.45, 2.75) is 30.9 Å². The van der Waals surface area contributed by atoms with E-state index in [9.17, 15) is 4.79 Å². The summed E-state index contributed by atoms with van der Waals surface area (Å²) in [6, 6.07) is 13.6. The van der Waals surface area contributed by atoms with Crippen molar-refractivity contribution >= 4 is 29.3 Å². The van der Waals surface area contributed by atoms with Crippen molar-refractivity contribution in [3.05, 3.63) is 58.6 Å². The number of thioether (sulfide) groups is 1. The molecule has 2 rings (SSSR count). The Morgan fingerprint density at radius 1 is 1.21 bits per heavy atom. The molecule has 0 radical (unpaired) electrons. The Morgan fingerprint density at radius 3 is 2.58 bits per heavy atom. The fourth-order valence-electron chi connectivity index (χ4n) is 2.21. The standard InChI is InChI=1S/C19H22ClNO2S/c1-13-4-9-18(14(2)12-13)23-11-10-21-19(22)15(3)24-17-7-5-16(20)6-8-17/h4-9,12,15H,10-11H2,1-3H3,(H,21,22)/t15-/m0/s1. The summed E-state index contributed by atoms with van der Waals surface area (Å²) >= 11 is 7.37. The second-order valence-electron chi connectivity index (χ2n) is 5.62. The highest BCUT2D eigenvalue weighted by atomic mass is 35.5. The summed E-state index contributed by atoms with van der Waals surface area (Å²) in [7, 11) is 0. The molecule has 2 aromatic rings. The molecule has 1 amide bonds. The van der Waals surface area contributed by atoms with E-state index in [1.54, 1.807) is 0 Å². The molecule has 0 saturated carbocycles. The van der Waals surface area contributed by atoms with Crippen LogP contribution in [0, 0.1) is 13.8 Å². The van der Waals surface area contributed by atoms with Crippen molar-refractivity contribution in [3.8, 4) is 5.75 Å². The Balaban J connectivity index is 1.73. The van der Waals surface area contributed by atoms with Gasteiger partial charge in [0.1, 0.15) is 12.4 Å². The first-order valence-electron chi connectivity index (χ1n) is 7.85. The van der Waals surface area contributed by atoms with Crippen LogP contribution in [0.1, 0.15) is 18.1 Å². The van der Waals surface area contributed by atoms with Gasteiger partial charge in [-0.25, -0.2) is 0 Å². The normalized spacial score (nSPS) is 11.8. The van der Waals surface area contributed by atoms with Crippen molar-refractivity contribution in [2.75, 3.05) is 13.2 Å². The molecule has 5 heteroatoms. The number of amides is 1. The maximum absolute atomic E-state index is 12.1. The van der Waals surface area contributed by atoms with Crippen LogP contribution in [0.5, 0.6) is 5.75 Å². The van der Waals surface area contributed by atoms with Gasteiger partial charge in [-0.15, -0.1) is 11.8 Å². The zero-order valence-corrected chi connectivity index (χ0v) is 15.7. The van der Waals surface area contributed by atoms with E-state index in [-0.39, 0.29) is 11.2 Å². The predicted molar refractivity (Wildman–Crippen MR) is 101 cm³/mol. The number of ether oxygens (including phenoxy) is 1. The van der Waals surface area contributed by atoms with Gasteiger partial charge in [-0.3, -0.25) is 4.79 Å². The van der Waals surface area contributed by atoms with Crippen molar-refractivity contribution in [2.24, 2.45) is 0 Å². The van der Waals surface area contributed by atoms with E-state index < -0.39 is 0 Å². The first kappa shape index (κ1) is 18.7. The second-order valence-corrected chi connectivity index (χ2v) is 7.47. The first-order valence-corrected chi connectivity index (χ1v) is 9.11. The minimum atomic E-state index is -0.174. The van der Waals surface area contributed by atoms with Crippen LogP contribution < -0.4 is 10.1 Å². The van der Waals surface area contributed by atoms with E-state index in [0.29, 0.717) is 18.2 Å². The largest absolute Gasteiger partial charge is 0.491 e. The maximum atomic E-state index is 12.1. The van der Waals surface area contributed by atoms with Crippen molar-refractivity contribution < 1.29 is 9.53 Å². The summed E-state index contributed by atoms with van der Waals surface area (Å²) in [5, 5.41) is 3.42. The third-order valence-electron chi connectivity index (χ3n) is 3.49. The number of carbonyl (C=O) groups excluding carboxylic acids is 1. The minimum Gasteiger partial charge on any atom is -0.491 e. The molecule has 1 atom stereocenters. The summed E-state index contributed by atoms with van der Waals surface area (Å²) in [4.78, 5) is 13.1. The molecule has 2 aromatic carbocycles. The highest BCUT2D eigenvalue weighted by Gasteiger charge is 2.13. The summed E-state index contributed by atoms with van der Waals surface area (Å²) in [5.74, 6) is 0.859. The fourth-order valence-corrected chi connectivity index (χ4v) is 3.23. The van der Waals surface area contributed by atoms with Gasteiger partial charge in [0.15, 0.2) is 0 Å². The van der Waals surface area contributed by atoms with Gasteiger partial charge >= 0.3 is 0 Å². The highest BCUT2D eigenvalue weighted by Crippen LogP contribution is 2.24. The van der Waals surface area contributed by atoms with E-state index >= 15 is 0 Å². The molecule has 0 aromatic heterocycles. The number of hydrogen-bond acceptors (Lipinski definition) is 3. The summed E-state index contributed by atoms with van der Waals surface area (Å²) in [6.45, 7) is 6.90.